The van der Waals surface area contributed by atoms with Gasteiger partial charge in [0.1, 0.15) is 0 Å². The van der Waals surface area contributed by atoms with Crippen molar-refractivity contribution >= 4 is 5.91 Å². The van der Waals surface area contributed by atoms with E-state index in [1.54, 1.807) is 5.01 Å². The van der Waals surface area contributed by atoms with Gasteiger partial charge >= 0.3 is 0 Å². The molecule has 1 amide bonds. The number of carbonyl (C=O) groups is 1. The van der Waals surface area contributed by atoms with Gasteiger partial charge in [0, 0.05) is 19.0 Å². The minimum atomic E-state index is -0.324. The average molecular weight is 170 g/mol. The Morgan fingerprint density at radius 1 is 1.58 bits per heavy atom. The molecule has 2 saturated heterocycles. The van der Waals surface area contributed by atoms with Gasteiger partial charge in [-0.15, -0.1) is 0 Å². The Labute approximate surface area is 71.7 Å². The van der Waals surface area contributed by atoms with Crippen LogP contribution in [0.4, 0.5) is 0 Å². The zero-order valence-corrected chi connectivity index (χ0v) is 7.23. The van der Waals surface area contributed by atoms with Gasteiger partial charge in [-0.3, -0.25) is 9.80 Å². The molecule has 2 unspecified atom stereocenters. The van der Waals surface area contributed by atoms with Crippen molar-refractivity contribution in [1.29, 1.82) is 0 Å². The number of hydrogen-bond acceptors (Lipinski definition) is 3. The Balaban J connectivity index is 2.12. The van der Waals surface area contributed by atoms with Gasteiger partial charge < -0.3 is 5.11 Å². The largest absolute Gasteiger partial charge is 0.391 e. The number of rotatable bonds is 0. The van der Waals surface area contributed by atoms with Crippen LogP contribution in [0.5, 0.6) is 0 Å². The minimum absolute atomic E-state index is 0.154. The molecule has 2 fully saturated rings. The summed E-state index contributed by atoms with van der Waals surface area (Å²) in [7, 11) is 0. The third kappa shape index (κ3) is 1.11. The number of aliphatic hydroxyl groups excluding tert-OH is 1. The van der Waals surface area contributed by atoms with E-state index in [9.17, 15) is 9.90 Å². The van der Waals surface area contributed by atoms with Crippen molar-refractivity contribution in [2.75, 3.05) is 13.1 Å². The molecule has 0 bridgehead atoms. The van der Waals surface area contributed by atoms with E-state index in [1.165, 1.54) is 0 Å². The van der Waals surface area contributed by atoms with Crippen LogP contribution in [0.1, 0.15) is 19.8 Å². The zero-order chi connectivity index (χ0) is 8.72. The van der Waals surface area contributed by atoms with E-state index in [0.717, 1.165) is 13.0 Å². The van der Waals surface area contributed by atoms with E-state index in [-0.39, 0.29) is 12.0 Å². The highest BCUT2D eigenvalue weighted by Gasteiger charge is 2.38. The Hall–Kier alpha value is -0.610. The normalized spacial score (nSPS) is 37.2. The first kappa shape index (κ1) is 8.01. The summed E-state index contributed by atoms with van der Waals surface area (Å²) in [5, 5.41) is 13.1. The van der Waals surface area contributed by atoms with Crippen LogP contribution in [-0.4, -0.2) is 46.3 Å². The number of amides is 1. The smallest absolute Gasteiger partial charge is 0.238 e. The monoisotopic (exact) mass is 170 g/mol. The predicted octanol–water partition coefficient (Wildman–Crippen LogP) is -0.411. The number of fused-ring (bicyclic) bond motifs is 1. The summed E-state index contributed by atoms with van der Waals surface area (Å²) in [6.45, 7) is 3.35. The van der Waals surface area contributed by atoms with Crippen LogP contribution in [0, 0.1) is 0 Å². The fourth-order valence-corrected chi connectivity index (χ4v) is 1.96. The van der Waals surface area contributed by atoms with Gasteiger partial charge in [-0.1, -0.05) is 0 Å². The first-order chi connectivity index (χ1) is 5.68. The molecule has 2 aliphatic rings. The summed E-state index contributed by atoms with van der Waals surface area (Å²) in [5.41, 5.74) is 0. The van der Waals surface area contributed by atoms with Crippen molar-refractivity contribution in [3.05, 3.63) is 0 Å². The third-order valence-electron chi connectivity index (χ3n) is 2.65. The molecule has 2 aliphatic heterocycles. The van der Waals surface area contributed by atoms with Crippen molar-refractivity contribution in [3.8, 4) is 0 Å². The SMILES string of the molecule is CC1CC(=O)N2CC(O)CCN12. The van der Waals surface area contributed by atoms with E-state index < -0.39 is 0 Å². The topological polar surface area (TPSA) is 43.8 Å². The summed E-state index contributed by atoms with van der Waals surface area (Å²) in [4.78, 5) is 11.3. The summed E-state index contributed by atoms with van der Waals surface area (Å²) >= 11 is 0. The second-order valence-electron chi connectivity index (χ2n) is 3.63. The molecule has 1 N–H and O–H groups in total. The Kier molecular flexibility index (Phi) is 1.81. The number of hydrazine groups is 1. The zero-order valence-electron chi connectivity index (χ0n) is 7.23. The summed E-state index contributed by atoms with van der Waals surface area (Å²) in [6, 6.07) is 0.324. The van der Waals surface area contributed by atoms with Crippen LogP contribution in [0.2, 0.25) is 0 Å². The Bertz CT molecular complexity index is 207. The molecule has 0 radical (unpaired) electrons. The van der Waals surface area contributed by atoms with Gasteiger partial charge in [-0.25, -0.2) is 5.01 Å². The molecule has 4 heteroatoms. The fourth-order valence-electron chi connectivity index (χ4n) is 1.96. The minimum Gasteiger partial charge on any atom is -0.391 e. The lowest BCUT2D eigenvalue weighted by Gasteiger charge is -2.37. The molecule has 2 rings (SSSR count). The molecular weight excluding hydrogens is 156 g/mol. The predicted molar refractivity (Wildman–Crippen MR) is 43.1 cm³/mol. The molecule has 0 aromatic rings. The van der Waals surface area contributed by atoms with Crippen LogP contribution in [0.15, 0.2) is 0 Å². The summed E-state index contributed by atoms with van der Waals surface area (Å²) < 4.78 is 0. The van der Waals surface area contributed by atoms with Gasteiger partial charge in [-0.05, 0) is 13.3 Å². The van der Waals surface area contributed by atoms with Crippen molar-refractivity contribution in [2.24, 2.45) is 0 Å². The number of carbonyl (C=O) groups excluding carboxylic acids is 1. The Morgan fingerprint density at radius 3 is 3.08 bits per heavy atom. The maximum Gasteiger partial charge on any atom is 0.238 e. The highest BCUT2D eigenvalue weighted by Crippen LogP contribution is 2.23. The molecule has 0 spiro atoms. The van der Waals surface area contributed by atoms with E-state index in [1.807, 2.05) is 0 Å². The third-order valence-corrected chi connectivity index (χ3v) is 2.65. The van der Waals surface area contributed by atoms with Gasteiger partial charge in [0.2, 0.25) is 5.91 Å². The molecule has 2 atom stereocenters. The van der Waals surface area contributed by atoms with Crippen LogP contribution in [-0.2, 0) is 4.79 Å². The molecular formula is C8H14N2O2. The first-order valence-corrected chi connectivity index (χ1v) is 4.43. The molecule has 0 aromatic heterocycles. The van der Waals surface area contributed by atoms with Crippen molar-refractivity contribution in [1.82, 2.24) is 10.0 Å². The number of hydrogen-bond donors (Lipinski definition) is 1. The highest BCUT2D eigenvalue weighted by molar-refractivity contribution is 5.78. The first-order valence-electron chi connectivity index (χ1n) is 4.43. The average Bonchev–Trinajstić information content (AvgIpc) is 2.28. The summed E-state index contributed by atoms with van der Waals surface area (Å²) in [5.74, 6) is 0.154. The molecule has 2 heterocycles. The molecule has 0 aliphatic carbocycles. The van der Waals surface area contributed by atoms with Crippen LogP contribution < -0.4 is 0 Å². The summed E-state index contributed by atoms with van der Waals surface area (Å²) in [6.07, 6.45) is 1.07. The van der Waals surface area contributed by atoms with Crippen molar-refractivity contribution < 1.29 is 9.90 Å². The van der Waals surface area contributed by atoms with E-state index in [0.29, 0.717) is 19.0 Å². The maximum atomic E-state index is 11.3. The van der Waals surface area contributed by atoms with Crippen LogP contribution >= 0.6 is 0 Å². The quantitative estimate of drug-likeness (QED) is 0.537. The van der Waals surface area contributed by atoms with Crippen molar-refractivity contribution in [3.63, 3.8) is 0 Å². The lowest BCUT2D eigenvalue weighted by molar-refractivity contribution is -0.147. The van der Waals surface area contributed by atoms with Gasteiger partial charge in [0.05, 0.1) is 12.6 Å². The van der Waals surface area contributed by atoms with Crippen LogP contribution in [0.3, 0.4) is 0 Å². The lowest BCUT2D eigenvalue weighted by Crippen LogP contribution is -2.51. The molecule has 0 saturated carbocycles. The second-order valence-corrected chi connectivity index (χ2v) is 3.63. The number of aliphatic hydroxyl groups is 1. The lowest BCUT2D eigenvalue weighted by atomic mass is 10.2. The Morgan fingerprint density at radius 2 is 2.33 bits per heavy atom. The number of nitrogens with zero attached hydrogens (tertiary/aromatic N) is 2. The van der Waals surface area contributed by atoms with E-state index in [4.69, 9.17) is 0 Å². The molecule has 4 nitrogen and oxygen atoms in total. The molecule has 68 valence electrons. The van der Waals surface area contributed by atoms with E-state index in [2.05, 4.69) is 11.9 Å². The fraction of sp³-hybridized carbons (Fsp3) is 0.875. The standard InChI is InChI=1S/C8H14N2O2/c1-6-4-8(12)10-5-7(11)2-3-9(6)10/h6-7,11H,2-5H2,1H3. The molecule has 12 heavy (non-hydrogen) atoms. The van der Waals surface area contributed by atoms with E-state index >= 15 is 0 Å². The van der Waals surface area contributed by atoms with Crippen LogP contribution in [0.25, 0.3) is 0 Å². The van der Waals surface area contributed by atoms with Crippen molar-refractivity contribution in [2.45, 2.75) is 31.9 Å². The highest BCUT2D eigenvalue weighted by atomic mass is 16.3. The maximum absolute atomic E-state index is 11.3. The van der Waals surface area contributed by atoms with Gasteiger partial charge in [0.25, 0.3) is 0 Å². The van der Waals surface area contributed by atoms with Gasteiger partial charge in [-0.2, -0.15) is 0 Å². The van der Waals surface area contributed by atoms with Gasteiger partial charge in [0.15, 0.2) is 0 Å². The molecule has 0 aromatic carbocycles. The second kappa shape index (κ2) is 2.71.